The number of likely N-dealkylation sites (tertiary alicyclic amines) is 1. The second-order valence-corrected chi connectivity index (χ2v) is 10.5. The van der Waals surface area contributed by atoms with Gasteiger partial charge in [0.05, 0.1) is 15.5 Å². The highest BCUT2D eigenvalue weighted by Crippen LogP contribution is 2.25. The predicted molar refractivity (Wildman–Crippen MR) is 122 cm³/mol. The summed E-state index contributed by atoms with van der Waals surface area (Å²) in [5, 5.41) is 3.16. The zero-order valence-electron chi connectivity index (χ0n) is 17.5. The van der Waals surface area contributed by atoms with E-state index in [9.17, 15) is 13.2 Å². The van der Waals surface area contributed by atoms with Crippen LogP contribution in [0.25, 0.3) is 0 Å². The van der Waals surface area contributed by atoms with Crippen molar-refractivity contribution < 1.29 is 13.2 Å². The van der Waals surface area contributed by atoms with E-state index < -0.39 is 10.0 Å². The third kappa shape index (κ3) is 5.12. The van der Waals surface area contributed by atoms with E-state index in [2.05, 4.69) is 16.3 Å². The molecule has 0 spiro atoms. The van der Waals surface area contributed by atoms with E-state index in [4.69, 9.17) is 11.6 Å². The van der Waals surface area contributed by atoms with Gasteiger partial charge in [0.25, 0.3) is 5.91 Å². The van der Waals surface area contributed by atoms with Crippen LogP contribution in [0.5, 0.6) is 0 Å². The minimum Gasteiger partial charge on any atom is -0.348 e. The van der Waals surface area contributed by atoms with Crippen LogP contribution in [0.1, 0.15) is 47.2 Å². The molecular formula is C23H28ClN3O3S. The summed E-state index contributed by atoms with van der Waals surface area (Å²) in [7, 11) is -3.61. The molecule has 2 aliphatic heterocycles. The lowest BCUT2D eigenvalue weighted by molar-refractivity contribution is 0.0950. The molecule has 2 heterocycles. The first-order valence-electron chi connectivity index (χ1n) is 10.8. The van der Waals surface area contributed by atoms with E-state index >= 15 is 0 Å². The fraction of sp³-hybridized carbons (Fsp3) is 0.435. The van der Waals surface area contributed by atoms with Crippen molar-refractivity contribution in [3.05, 3.63) is 64.2 Å². The first-order chi connectivity index (χ1) is 14.9. The van der Waals surface area contributed by atoms with Gasteiger partial charge < -0.3 is 5.32 Å². The summed E-state index contributed by atoms with van der Waals surface area (Å²) >= 11 is 6.25. The molecule has 2 aromatic rings. The average Bonchev–Trinajstić information content (AvgIpc) is 3.48. The van der Waals surface area contributed by atoms with Crippen molar-refractivity contribution in [3.8, 4) is 0 Å². The van der Waals surface area contributed by atoms with E-state index in [1.165, 1.54) is 40.9 Å². The van der Waals surface area contributed by atoms with Gasteiger partial charge in [0, 0.05) is 26.2 Å². The van der Waals surface area contributed by atoms with Gasteiger partial charge in [0.2, 0.25) is 10.0 Å². The van der Waals surface area contributed by atoms with Crippen molar-refractivity contribution in [2.75, 3.05) is 26.2 Å². The monoisotopic (exact) mass is 461 g/mol. The molecule has 0 saturated carbocycles. The zero-order valence-corrected chi connectivity index (χ0v) is 19.1. The van der Waals surface area contributed by atoms with Crippen LogP contribution in [0, 0.1) is 0 Å². The van der Waals surface area contributed by atoms with E-state index in [1.54, 1.807) is 0 Å². The number of carbonyl (C=O) groups is 1. The lowest BCUT2D eigenvalue weighted by atomic mass is 10.1. The molecule has 0 bridgehead atoms. The highest BCUT2D eigenvalue weighted by molar-refractivity contribution is 7.89. The Morgan fingerprint density at radius 3 is 2.29 bits per heavy atom. The summed E-state index contributed by atoms with van der Waals surface area (Å²) in [6, 6.07) is 12.4. The molecule has 166 valence electrons. The van der Waals surface area contributed by atoms with Crippen LogP contribution in [0.4, 0.5) is 0 Å². The van der Waals surface area contributed by atoms with Crippen molar-refractivity contribution in [1.29, 1.82) is 0 Å². The van der Waals surface area contributed by atoms with Gasteiger partial charge in [0.15, 0.2) is 0 Å². The molecule has 0 atom stereocenters. The number of halogens is 1. The molecule has 31 heavy (non-hydrogen) atoms. The minimum absolute atomic E-state index is 0.110. The lowest BCUT2D eigenvalue weighted by Gasteiger charge is -2.18. The number of amides is 1. The number of carbonyl (C=O) groups excluding carboxylic acids is 1. The maximum atomic E-state index is 12.9. The minimum atomic E-state index is -3.61. The Kier molecular flexibility index (Phi) is 6.96. The molecule has 0 aliphatic carbocycles. The fourth-order valence-electron chi connectivity index (χ4n) is 4.25. The highest BCUT2D eigenvalue weighted by Gasteiger charge is 2.28. The Morgan fingerprint density at radius 2 is 1.58 bits per heavy atom. The summed E-state index contributed by atoms with van der Waals surface area (Å²) in [6.45, 7) is 4.47. The molecule has 2 aliphatic rings. The van der Waals surface area contributed by atoms with Gasteiger partial charge in [-0.3, -0.25) is 9.69 Å². The maximum absolute atomic E-state index is 12.9. The molecule has 1 amide bonds. The number of hydrogen-bond donors (Lipinski definition) is 1. The Morgan fingerprint density at radius 1 is 0.935 bits per heavy atom. The van der Waals surface area contributed by atoms with Gasteiger partial charge in [-0.2, -0.15) is 4.31 Å². The summed E-state index contributed by atoms with van der Waals surface area (Å²) < 4.78 is 27.2. The van der Waals surface area contributed by atoms with Gasteiger partial charge in [-0.25, -0.2) is 8.42 Å². The summed E-state index contributed by atoms with van der Waals surface area (Å²) in [6.07, 6.45) is 4.18. The van der Waals surface area contributed by atoms with Gasteiger partial charge in [-0.15, -0.1) is 0 Å². The molecule has 4 rings (SSSR count). The second kappa shape index (κ2) is 9.69. The molecule has 8 heteroatoms. The average molecular weight is 462 g/mol. The Labute approximate surface area is 189 Å². The van der Waals surface area contributed by atoms with Gasteiger partial charge in [0.1, 0.15) is 0 Å². The maximum Gasteiger partial charge on any atom is 0.253 e. The van der Waals surface area contributed by atoms with E-state index in [0.29, 0.717) is 19.6 Å². The number of rotatable bonds is 7. The molecule has 2 fully saturated rings. The molecule has 2 aromatic carbocycles. The van der Waals surface area contributed by atoms with Crippen LogP contribution in [-0.2, 0) is 23.1 Å². The second-order valence-electron chi connectivity index (χ2n) is 8.19. The van der Waals surface area contributed by atoms with E-state index in [1.807, 2.05) is 18.2 Å². The number of nitrogens with one attached hydrogen (secondary N) is 1. The molecule has 0 radical (unpaired) electrons. The fourth-order valence-corrected chi connectivity index (χ4v) is 6.00. The molecule has 2 saturated heterocycles. The number of hydrogen-bond acceptors (Lipinski definition) is 4. The topological polar surface area (TPSA) is 69.7 Å². The Hall–Kier alpha value is -1.93. The largest absolute Gasteiger partial charge is 0.348 e. The van der Waals surface area contributed by atoms with Crippen LogP contribution >= 0.6 is 11.6 Å². The molecule has 6 nitrogen and oxygen atoms in total. The van der Waals surface area contributed by atoms with Gasteiger partial charge in [-0.05, 0) is 68.1 Å². The smallest absolute Gasteiger partial charge is 0.253 e. The van der Waals surface area contributed by atoms with E-state index in [0.717, 1.165) is 38.0 Å². The highest BCUT2D eigenvalue weighted by atomic mass is 35.5. The van der Waals surface area contributed by atoms with Crippen LogP contribution in [-0.4, -0.2) is 49.7 Å². The first kappa shape index (κ1) is 22.3. The standard InChI is InChI=1S/C23H28ClN3O3S/c24-22-10-9-20(31(29,30)27-13-5-6-14-27)15-21(22)23(28)25-16-18-7-1-2-8-19(18)17-26-11-3-4-12-26/h1-2,7-10,15H,3-6,11-14,16-17H2,(H,25,28). The molecular weight excluding hydrogens is 434 g/mol. The third-order valence-electron chi connectivity index (χ3n) is 6.04. The normalized spacial score (nSPS) is 17.8. The van der Waals surface area contributed by atoms with Crippen LogP contribution in [0.3, 0.4) is 0 Å². The SMILES string of the molecule is O=C(NCc1ccccc1CN1CCCC1)c1cc(S(=O)(=O)N2CCCC2)ccc1Cl. The van der Waals surface area contributed by atoms with Gasteiger partial charge in [-0.1, -0.05) is 35.9 Å². The first-order valence-corrected chi connectivity index (χ1v) is 12.6. The molecule has 0 aromatic heterocycles. The van der Waals surface area contributed by atoms with Crippen LogP contribution in [0.15, 0.2) is 47.4 Å². The Balaban J connectivity index is 1.48. The van der Waals surface area contributed by atoms with Crippen molar-refractivity contribution in [2.45, 2.75) is 43.7 Å². The van der Waals surface area contributed by atoms with Crippen molar-refractivity contribution in [3.63, 3.8) is 0 Å². The zero-order chi connectivity index (χ0) is 21.8. The number of sulfonamides is 1. The van der Waals surface area contributed by atoms with Crippen LogP contribution in [0.2, 0.25) is 5.02 Å². The van der Waals surface area contributed by atoms with Gasteiger partial charge >= 0.3 is 0 Å². The van der Waals surface area contributed by atoms with Crippen LogP contribution < -0.4 is 5.32 Å². The predicted octanol–water partition coefficient (Wildman–Crippen LogP) is 3.65. The molecule has 1 N–H and O–H groups in total. The van der Waals surface area contributed by atoms with Crippen molar-refractivity contribution in [2.24, 2.45) is 0 Å². The molecule has 0 unspecified atom stereocenters. The van der Waals surface area contributed by atoms with Crippen molar-refractivity contribution >= 4 is 27.5 Å². The third-order valence-corrected chi connectivity index (χ3v) is 8.26. The van der Waals surface area contributed by atoms with Crippen molar-refractivity contribution in [1.82, 2.24) is 14.5 Å². The quantitative estimate of drug-likeness (QED) is 0.683. The summed E-state index contributed by atoms with van der Waals surface area (Å²) in [5.41, 5.74) is 2.43. The lowest BCUT2D eigenvalue weighted by Crippen LogP contribution is -2.29. The van der Waals surface area contributed by atoms with E-state index in [-0.39, 0.29) is 21.4 Å². The number of nitrogens with zero attached hydrogens (tertiary/aromatic N) is 2. The number of benzene rings is 2. The Bertz CT molecular complexity index is 1050. The summed E-state index contributed by atoms with van der Waals surface area (Å²) in [5.74, 6) is -0.376. The summed E-state index contributed by atoms with van der Waals surface area (Å²) in [4.78, 5) is 15.4.